The maximum Gasteiger partial charge on any atom is 0.270 e. The lowest BCUT2D eigenvalue weighted by atomic mass is 10.1. The van der Waals surface area contributed by atoms with Crippen molar-refractivity contribution in [3.8, 4) is 5.75 Å². The summed E-state index contributed by atoms with van der Waals surface area (Å²) in [6.07, 6.45) is 3.02. The maximum atomic E-state index is 13.1. The summed E-state index contributed by atoms with van der Waals surface area (Å²) in [5, 5.41) is 2.10. The van der Waals surface area contributed by atoms with Gasteiger partial charge in [-0.3, -0.25) is 9.69 Å². The Hall–Kier alpha value is -2.63. The van der Waals surface area contributed by atoms with Gasteiger partial charge in [0.1, 0.15) is 5.75 Å². The lowest BCUT2D eigenvalue weighted by Crippen LogP contribution is -2.27. The zero-order valence-electron chi connectivity index (χ0n) is 16.3. The molecular formula is C24H21NO2S2. The van der Waals surface area contributed by atoms with Crippen LogP contribution in [-0.4, -0.2) is 16.3 Å². The molecule has 0 bridgehead atoms. The largest absolute Gasteiger partial charge is 0.491 e. The van der Waals surface area contributed by atoms with Crippen molar-refractivity contribution in [1.82, 2.24) is 0 Å². The molecule has 1 saturated heterocycles. The van der Waals surface area contributed by atoms with Crippen LogP contribution in [0, 0.1) is 0 Å². The number of thiocarbonyl (C=S) groups is 1. The summed E-state index contributed by atoms with van der Waals surface area (Å²) >= 11 is 6.88. The minimum Gasteiger partial charge on any atom is -0.491 e. The number of benzene rings is 3. The highest BCUT2D eigenvalue weighted by atomic mass is 32.2. The molecule has 1 aliphatic rings. The third-order valence-corrected chi connectivity index (χ3v) is 6.19. The number of ether oxygens (including phenoxy) is 1. The number of nitrogens with zero attached hydrogens (tertiary/aromatic N) is 1. The van der Waals surface area contributed by atoms with Crippen LogP contribution in [0.4, 0.5) is 5.69 Å². The Morgan fingerprint density at radius 1 is 1.07 bits per heavy atom. The minimum atomic E-state index is -0.0868. The van der Waals surface area contributed by atoms with Crippen LogP contribution in [0.15, 0.2) is 71.6 Å². The van der Waals surface area contributed by atoms with Crippen molar-refractivity contribution in [2.75, 3.05) is 4.90 Å². The van der Waals surface area contributed by atoms with Gasteiger partial charge in [0.15, 0.2) is 4.32 Å². The highest BCUT2D eigenvalue weighted by Crippen LogP contribution is 2.38. The summed E-state index contributed by atoms with van der Waals surface area (Å²) in [4.78, 5) is 15.4. The monoisotopic (exact) mass is 419 g/mol. The molecule has 1 atom stereocenters. The average Bonchev–Trinajstić information content (AvgIpc) is 3.01. The number of carbonyl (C=O) groups is 1. The molecule has 0 radical (unpaired) electrons. The Kier molecular flexibility index (Phi) is 5.69. The first-order valence-corrected chi connectivity index (χ1v) is 10.8. The summed E-state index contributed by atoms with van der Waals surface area (Å²) in [6.45, 7) is 4.14. The topological polar surface area (TPSA) is 29.5 Å². The number of thioether (sulfide) groups is 1. The lowest BCUT2D eigenvalue weighted by molar-refractivity contribution is -0.113. The van der Waals surface area contributed by atoms with Crippen LogP contribution in [0.5, 0.6) is 5.75 Å². The van der Waals surface area contributed by atoms with Crippen LogP contribution < -0.4 is 9.64 Å². The van der Waals surface area contributed by atoms with E-state index in [1.54, 1.807) is 4.90 Å². The number of fused-ring (bicyclic) bond motifs is 1. The van der Waals surface area contributed by atoms with E-state index >= 15 is 0 Å². The zero-order valence-corrected chi connectivity index (χ0v) is 17.9. The first kappa shape index (κ1) is 19.7. The van der Waals surface area contributed by atoms with Gasteiger partial charge in [0.05, 0.1) is 16.7 Å². The number of anilines is 1. The quantitative estimate of drug-likeness (QED) is 0.352. The SMILES string of the molecule is CC[C@H](C)Oc1ccc(/C=C2/SC(=S)N(c3cccc4ccccc34)C2=O)cc1. The number of rotatable bonds is 5. The molecule has 1 fully saturated rings. The molecule has 3 nitrogen and oxygen atoms in total. The van der Waals surface area contributed by atoms with Gasteiger partial charge in [-0.05, 0) is 48.6 Å². The second-order valence-corrected chi connectivity index (χ2v) is 8.60. The van der Waals surface area contributed by atoms with Crippen molar-refractivity contribution in [3.05, 3.63) is 77.2 Å². The van der Waals surface area contributed by atoms with Crippen LogP contribution in [0.2, 0.25) is 0 Å². The van der Waals surface area contributed by atoms with Gasteiger partial charge in [-0.2, -0.15) is 0 Å². The van der Waals surface area contributed by atoms with Crippen molar-refractivity contribution >= 4 is 56.7 Å². The van der Waals surface area contributed by atoms with E-state index in [9.17, 15) is 4.79 Å². The van der Waals surface area contributed by atoms with Gasteiger partial charge in [0.2, 0.25) is 0 Å². The molecular weight excluding hydrogens is 398 g/mol. The van der Waals surface area contributed by atoms with E-state index in [1.807, 2.05) is 79.7 Å². The molecule has 0 saturated carbocycles. The van der Waals surface area contributed by atoms with E-state index in [-0.39, 0.29) is 12.0 Å². The van der Waals surface area contributed by atoms with Gasteiger partial charge in [-0.25, -0.2) is 0 Å². The molecule has 0 N–H and O–H groups in total. The van der Waals surface area contributed by atoms with Crippen LogP contribution in [-0.2, 0) is 4.79 Å². The summed E-state index contributed by atoms with van der Waals surface area (Å²) in [6, 6.07) is 21.7. The van der Waals surface area contributed by atoms with Gasteiger partial charge in [0.25, 0.3) is 5.91 Å². The first-order chi connectivity index (χ1) is 14.1. The molecule has 0 aromatic heterocycles. The van der Waals surface area contributed by atoms with E-state index < -0.39 is 0 Å². The predicted molar refractivity (Wildman–Crippen MR) is 126 cm³/mol. The normalized spacial score (nSPS) is 16.6. The Bertz CT molecular complexity index is 1100. The standard InChI is InChI=1S/C24H21NO2S2/c1-3-16(2)27-19-13-11-17(12-14-19)15-22-23(26)25(24(28)29-22)21-10-6-8-18-7-4-5-9-20(18)21/h4-16H,3H2,1-2H3/b22-15+/t16-/m0/s1. The maximum absolute atomic E-state index is 13.1. The molecule has 1 heterocycles. The number of carbonyl (C=O) groups excluding carboxylic acids is 1. The second kappa shape index (κ2) is 8.39. The van der Waals surface area contributed by atoms with Gasteiger partial charge in [0, 0.05) is 5.39 Å². The fourth-order valence-corrected chi connectivity index (χ4v) is 4.47. The van der Waals surface area contributed by atoms with Gasteiger partial charge in [-0.1, -0.05) is 79.4 Å². The van der Waals surface area contributed by atoms with E-state index in [0.717, 1.165) is 34.2 Å². The first-order valence-electron chi connectivity index (χ1n) is 9.59. The van der Waals surface area contributed by atoms with E-state index in [1.165, 1.54) is 11.8 Å². The Labute approximate surface area is 180 Å². The number of hydrogen-bond acceptors (Lipinski definition) is 4. The summed E-state index contributed by atoms with van der Waals surface area (Å²) in [5.74, 6) is 0.746. The highest BCUT2D eigenvalue weighted by Gasteiger charge is 2.34. The van der Waals surface area contributed by atoms with Gasteiger partial charge in [-0.15, -0.1) is 0 Å². The number of amides is 1. The Balaban J connectivity index is 1.61. The van der Waals surface area contributed by atoms with Crippen molar-refractivity contribution < 1.29 is 9.53 Å². The van der Waals surface area contributed by atoms with E-state index in [2.05, 4.69) is 6.92 Å². The smallest absolute Gasteiger partial charge is 0.270 e. The Morgan fingerprint density at radius 2 is 1.79 bits per heavy atom. The predicted octanol–water partition coefficient (Wildman–Crippen LogP) is 6.42. The molecule has 5 heteroatoms. The third-order valence-electron chi connectivity index (χ3n) is 4.89. The zero-order chi connectivity index (χ0) is 20.4. The fraction of sp³-hybridized carbons (Fsp3) is 0.167. The highest BCUT2D eigenvalue weighted by molar-refractivity contribution is 8.27. The van der Waals surface area contributed by atoms with Crippen LogP contribution in [0.3, 0.4) is 0 Å². The summed E-state index contributed by atoms with van der Waals surface area (Å²) in [5.41, 5.74) is 1.77. The molecule has 1 amide bonds. The number of hydrogen-bond donors (Lipinski definition) is 0. The fourth-order valence-electron chi connectivity index (χ4n) is 3.19. The van der Waals surface area contributed by atoms with Crippen molar-refractivity contribution in [1.29, 1.82) is 0 Å². The minimum absolute atomic E-state index is 0.0868. The van der Waals surface area contributed by atoms with Crippen molar-refractivity contribution in [2.24, 2.45) is 0 Å². The molecule has 1 aliphatic heterocycles. The summed E-state index contributed by atoms with van der Waals surface area (Å²) in [7, 11) is 0. The molecule has 29 heavy (non-hydrogen) atoms. The average molecular weight is 420 g/mol. The second-order valence-electron chi connectivity index (χ2n) is 6.92. The molecule has 0 aliphatic carbocycles. The molecule has 0 spiro atoms. The van der Waals surface area contributed by atoms with E-state index in [4.69, 9.17) is 17.0 Å². The van der Waals surface area contributed by atoms with Crippen molar-refractivity contribution in [2.45, 2.75) is 26.4 Å². The lowest BCUT2D eigenvalue weighted by Gasteiger charge is -2.17. The molecule has 4 rings (SSSR count). The molecule has 3 aromatic carbocycles. The van der Waals surface area contributed by atoms with Crippen LogP contribution in [0.25, 0.3) is 16.8 Å². The van der Waals surface area contributed by atoms with Crippen LogP contribution >= 0.6 is 24.0 Å². The van der Waals surface area contributed by atoms with Gasteiger partial charge < -0.3 is 4.74 Å². The van der Waals surface area contributed by atoms with E-state index in [0.29, 0.717) is 9.23 Å². The van der Waals surface area contributed by atoms with Crippen molar-refractivity contribution in [3.63, 3.8) is 0 Å². The molecule has 0 unspecified atom stereocenters. The summed E-state index contributed by atoms with van der Waals surface area (Å²) < 4.78 is 6.37. The van der Waals surface area contributed by atoms with Gasteiger partial charge >= 0.3 is 0 Å². The third kappa shape index (κ3) is 4.07. The molecule has 3 aromatic rings. The molecule has 146 valence electrons. The Morgan fingerprint density at radius 3 is 2.55 bits per heavy atom. The van der Waals surface area contributed by atoms with Crippen LogP contribution in [0.1, 0.15) is 25.8 Å².